The molecule has 34 heavy (non-hydrogen) atoms. The van der Waals surface area contributed by atoms with Gasteiger partial charge in [0.05, 0.1) is 5.69 Å². The Morgan fingerprint density at radius 2 is 2.06 bits per heavy atom. The molecule has 0 unspecified atom stereocenters. The van der Waals surface area contributed by atoms with E-state index in [1.807, 2.05) is 0 Å². The number of aryl methyl sites for hydroxylation is 1. The van der Waals surface area contributed by atoms with Gasteiger partial charge in [-0.1, -0.05) is 32.1 Å². The summed E-state index contributed by atoms with van der Waals surface area (Å²) in [7, 11) is 1.63. The molecule has 1 aliphatic heterocycles. The Balaban J connectivity index is 1.27. The van der Waals surface area contributed by atoms with Gasteiger partial charge < -0.3 is 19.4 Å². The van der Waals surface area contributed by atoms with E-state index in [0.29, 0.717) is 40.5 Å². The maximum absolute atomic E-state index is 13.1. The standard InChI is InChI=1S/C23H27N7O4/c1-13-26-29-22(34-13)15-8-9-18-17(11-15)30(2)23(32)16(12-33-18)24-21(31)20-25-19(27-28-20)10-14-6-4-3-5-7-14/h8-9,11,14,16H,3-7,10,12H2,1-2H3,(H,24,31)(H,25,27,28)/t16-/m1/s1. The zero-order valence-electron chi connectivity index (χ0n) is 19.2. The van der Waals surface area contributed by atoms with Crippen LogP contribution in [0.3, 0.4) is 0 Å². The minimum Gasteiger partial charge on any atom is -0.489 e. The highest BCUT2D eigenvalue weighted by Crippen LogP contribution is 2.34. The fraction of sp³-hybridized carbons (Fsp3) is 0.478. The zero-order valence-corrected chi connectivity index (χ0v) is 19.2. The van der Waals surface area contributed by atoms with Crippen LogP contribution in [0.5, 0.6) is 5.75 Å². The van der Waals surface area contributed by atoms with Crippen molar-refractivity contribution in [3.8, 4) is 17.2 Å². The predicted octanol–water partition coefficient (Wildman–Crippen LogP) is 2.44. The third-order valence-electron chi connectivity index (χ3n) is 6.37. The largest absolute Gasteiger partial charge is 0.489 e. The Hall–Kier alpha value is -3.76. The van der Waals surface area contributed by atoms with Crippen molar-refractivity contribution in [3.05, 3.63) is 35.7 Å². The van der Waals surface area contributed by atoms with Crippen LogP contribution in [0.2, 0.25) is 0 Å². The Labute approximate surface area is 196 Å². The van der Waals surface area contributed by atoms with Gasteiger partial charge in [0.25, 0.3) is 11.8 Å². The number of H-pyrrole nitrogens is 1. The van der Waals surface area contributed by atoms with Crippen LogP contribution in [-0.2, 0) is 11.2 Å². The lowest BCUT2D eigenvalue weighted by Crippen LogP contribution is -2.49. The SMILES string of the molecule is Cc1nnc(-c2ccc3c(c2)N(C)C(=O)[C@H](NC(=O)c2n[nH]c(CC4CCCCC4)n2)CO3)o1. The molecule has 2 aliphatic rings. The maximum atomic E-state index is 13.1. The number of rotatable bonds is 5. The van der Waals surface area contributed by atoms with Gasteiger partial charge in [-0.3, -0.25) is 14.7 Å². The number of amides is 2. The van der Waals surface area contributed by atoms with Crippen molar-refractivity contribution >= 4 is 17.5 Å². The number of anilines is 1. The minimum atomic E-state index is -0.890. The molecule has 3 heterocycles. The summed E-state index contributed by atoms with van der Waals surface area (Å²) in [5.41, 5.74) is 1.21. The number of hydrogen-bond acceptors (Lipinski definition) is 8. The number of hydrogen-bond donors (Lipinski definition) is 2. The number of benzene rings is 1. The molecule has 2 N–H and O–H groups in total. The van der Waals surface area contributed by atoms with Crippen LogP contribution in [0, 0.1) is 12.8 Å². The molecule has 1 saturated carbocycles. The van der Waals surface area contributed by atoms with E-state index >= 15 is 0 Å². The number of ether oxygens (including phenoxy) is 1. The molecule has 1 fully saturated rings. The number of carbonyl (C=O) groups is 2. The molecule has 3 aromatic rings. The van der Waals surface area contributed by atoms with Gasteiger partial charge in [0.15, 0.2) is 0 Å². The predicted molar refractivity (Wildman–Crippen MR) is 121 cm³/mol. The van der Waals surface area contributed by atoms with Crippen molar-refractivity contribution in [2.45, 2.75) is 51.5 Å². The molecule has 0 radical (unpaired) electrons. The Morgan fingerprint density at radius 3 is 2.82 bits per heavy atom. The summed E-state index contributed by atoms with van der Waals surface area (Å²) in [6.07, 6.45) is 6.90. The van der Waals surface area contributed by atoms with Gasteiger partial charge in [-0.05, 0) is 24.1 Å². The fourth-order valence-corrected chi connectivity index (χ4v) is 4.52. The molecule has 1 aliphatic carbocycles. The van der Waals surface area contributed by atoms with Crippen molar-refractivity contribution in [2.75, 3.05) is 18.6 Å². The third kappa shape index (κ3) is 4.50. The zero-order chi connectivity index (χ0) is 23.7. The first-order valence-electron chi connectivity index (χ1n) is 11.5. The van der Waals surface area contributed by atoms with Crippen molar-refractivity contribution in [2.24, 2.45) is 5.92 Å². The van der Waals surface area contributed by atoms with Crippen LogP contribution < -0.4 is 15.0 Å². The summed E-state index contributed by atoms with van der Waals surface area (Å²) >= 11 is 0. The molecule has 0 saturated heterocycles. The number of aromatic amines is 1. The van der Waals surface area contributed by atoms with Crippen LogP contribution in [-0.4, -0.2) is 56.9 Å². The Kier molecular flexibility index (Phi) is 5.99. The maximum Gasteiger partial charge on any atom is 0.291 e. The molecular weight excluding hydrogens is 438 g/mol. The number of carbonyl (C=O) groups excluding carboxylic acids is 2. The second-order valence-corrected chi connectivity index (χ2v) is 8.86. The first kappa shape index (κ1) is 22.1. The van der Waals surface area contributed by atoms with E-state index < -0.39 is 11.9 Å². The van der Waals surface area contributed by atoms with E-state index in [2.05, 4.69) is 30.7 Å². The van der Waals surface area contributed by atoms with Crippen LogP contribution in [0.25, 0.3) is 11.5 Å². The molecule has 5 rings (SSSR count). The molecule has 1 atom stereocenters. The summed E-state index contributed by atoms with van der Waals surface area (Å²) in [6.45, 7) is 1.69. The Bertz CT molecular complexity index is 1200. The number of fused-ring (bicyclic) bond motifs is 1. The van der Waals surface area contributed by atoms with E-state index in [9.17, 15) is 9.59 Å². The molecule has 0 bridgehead atoms. The highest BCUT2D eigenvalue weighted by atomic mass is 16.5. The molecule has 11 heteroatoms. The van der Waals surface area contributed by atoms with Gasteiger partial charge in [0.1, 0.15) is 24.2 Å². The average Bonchev–Trinajstić information content (AvgIpc) is 3.48. The third-order valence-corrected chi connectivity index (χ3v) is 6.37. The number of nitrogens with zero attached hydrogens (tertiary/aromatic N) is 5. The smallest absolute Gasteiger partial charge is 0.291 e. The summed E-state index contributed by atoms with van der Waals surface area (Å²) < 4.78 is 11.3. The summed E-state index contributed by atoms with van der Waals surface area (Å²) in [5.74, 6) is 1.78. The second-order valence-electron chi connectivity index (χ2n) is 8.86. The van der Waals surface area contributed by atoms with Crippen LogP contribution in [0.4, 0.5) is 5.69 Å². The second kappa shape index (κ2) is 9.24. The van der Waals surface area contributed by atoms with Crippen molar-refractivity contribution in [3.63, 3.8) is 0 Å². The van der Waals surface area contributed by atoms with Gasteiger partial charge in [-0.15, -0.1) is 15.3 Å². The monoisotopic (exact) mass is 465 g/mol. The van der Waals surface area contributed by atoms with Gasteiger partial charge in [0, 0.05) is 26.0 Å². The highest BCUT2D eigenvalue weighted by molar-refractivity contribution is 6.02. The van der Waals surface area contributed by atoms with E-state index in [0.717, 1.165) is 6.42 Å². The highest BCUT2D eigenvalue weighted by Gasteiger charge is 2.32. The van der Waals surface area contributed by atoms with Gasteiger partial charge in [0.2, 0.25) is 17.6 Å². The first-order chi connectivity index (χ1) is 16.5. The Morgan fingerprint density at radius 1 is 1.24 bits per heavy atom. The molecule has 178 valence electrons. The summed E-state index contributed by atoms with van der Waals surface area (Å²) in [4.78, 5) is 31.7. The fourth-order valence-electron chi connectivity index (χ4n) is 4.52. The van der Waals surface area contributed by atoms with Crippen molar-refractivity contribution in [1.29, 1.82) is 0 Å². The van der Waals surface area contributed by atoms with Crippen molar-refractivity contribution in [1.82, 2.24) is 30.7 Å². The average molecular weight is 466 g/mol. The van der Waals surface area contributed by atoms with Crippen LogP contribution >= 0.6 is 0 Å². The quantitative estimate of drug-likeness (QED) is 0.586. The lowest BCUT2D eigenvalue weighted by Gasteiger charge is -2.20. The topological polar surface area (TPSA) is 139 Å². The van der Waals surface area contributed by atoms with E-state index in [4.69, 9.17) is 9.15 Å². The van der Waals surface area contributed by atoms with Crippen LogP contribution in [0.1, 0.15) is 54.4 Å². The van der Waals surface area contributed by atoms with Gasteiger partial charge >= 0.3 is 0 Å². The molecule has 0 spiro atoms. The summed E-state index contributed by atoms with van der Waals surface area (Å²) in [5, 5.41) is 17.5. The first-order valence-corrected chi connectivity index (χ1v) is 11.5. The lowest BCUT2D eigenvalue weighted by molar-refractivity contribution is -0.120. The van der Waals surface area contributed by atoms with Crippen LogP contribution in [0.15, 0.2) is 22.6 Å². The molecule has 2 aromatic heterocycles. The number of likely N-dealkylation sites (N-methyl/N-ethyl adjacent to an activating group) is 1. The van der Waals surface area contributed by atoms with Crippen molar-refractivity contribution < 1.29 is 18.7 Å². The molecule has 2 amide bonds. The van der Waals surface area contributed by atoms with E-state index in [1.165, 1.54) is 37.0 Å². The molecule has 1 aromatic carbocycles. The number of nitrogens with one attached hydrogen (secondary N) is 2. The summed E-state index contributed by atoms with van der Waals surface area (Å²) in [6, 6.07) is 4.38. The number of aromatic nitrogens is 5. The van der Waals surface area contributed by atoms with Gasteiger partial charge in [-0.25, -0.2) is 4.98 Å². The normalized spacial score (nSPS) is 18.8. The lowest BCUT2D eigenvalue weighted by atomic mass is 9.87. The van der Waals surface area contributed by atoms with Gasteiger partial charge in [-0.2, -0.15) is 0 Å². The van der Waals surface area contributed by atoms with E-state index in [-0.39, 0.29) is 18.3 Å². The molecular formula is C23H27N7O4. The van der Waals surface area contributed by atoms with E-state index in [1.54, 1.807) is 32.2 Å². The molecule has 11 nitrogen and oxygen atoms in total. The minimum absolute atomic E-state index is 0.0136.